The van der Waals surface area contributed by atoms with Crippen molar-refractivity contribution >= 4 is 39.8 Å². The number of halogens is 3. The largest absolute Gasteiger partial charge is 0.396 e. The van der Waals surface area contributed by atoms with Gasteiger partial charge >= 0.3 is 0 Å². The summed E-state index contributed by atoms with van der Waals surface area (Å²) in [4.78, 5) is 3.92. The highest BCUT2D eigenvalue weighted by molar-refractivity contribution is 6.40. The van der Waals surface area contributed by atoms with Gasteiger partial charge in [-0.1, -0.05) is 23.2 Å². The summed E-state index contributed by atoms with van der Waals surface area (Å²) in [6.07, 6.45) is 1.36. The first-order valence-corrected chi connectivity index (χ1v) is 4.54. The predicted octanol–water partition coefficient (Wildman–Crippen LogP) is 3.26. The van der Waals surface area contributed by atoms with E-state index in [1.807, 2.05) is 0 Å². The van der Waals surface area contributed by atoms with Crippen LogP contribution in [0.15, 0.2) is 18.3 Å². The molecule has 0 aliphatic rings. The van der Waals surface area contributed by atoms with Crippen molar-refractivity contribution in [3.05, 3.63) is 34.2 Å². The van der Waals surface area contributed by atoms with Crippen molar-refractivity contribution in [3.8, 4) is 0 Å². The zero-order valence-electron chi connectivity index (χ0n) is 6.89. The van der Waals surface area contributed by atoms with E-state index in [0.29, 0.717) is 10.5 Å². The lowest BCUT2D eigenvalue weighted by Gasteiger charge is -2.05. The Balaban J connectivity index is 3.01. The molecule has 14 heavy (non-hydrogen) atoms. The van der Waals surface area contributed by atoms with Crippen LogP contribution in [0.3, 0.4) is 0 Å². The van der Waals surface area contributed by atoms with Crippen molar-refractivity contribution < 1.29 is 4.39 Å². The second-order valence-corrected chi connectivity index (χ2v) is 3.57. The maximum atomic E-state index is 13.4. The Bertz CT molecular complexity index is 514. The second kappa shape index (κ2) is 3.26. The highest BCUT2D eigenvalue weighted by Gasteiger charge is 2.11. The summed E-state index contributed by atoms with van der Waals surface area (Å²) < 4.78 is 13.4. The summed E-state index contributed by atoms with van der Waals surface area (Å²) >= 11 is 11.7. The highest BCUT2D eigenvalue weighted by atomic mass is 35.5. The Morgan fingerprint density at radius 1 is 1.29 bits per heavy atom. The maximum absolute atomic E-state index is 13.4. The summed E-state index contributed by atoms with van der Waals surface area (Å²) in [7, 11) is 0. The third-order valence-electron chi connectivity index (χ3n) is 1.88. The molecular formula is C9H5Cl2FN2. The molecule has 2 rings (SSSR count). The average molecular weight is 231 g/mol. The first-order valence-electron chi connectivity index (χ1n) is 3.79. The van der Waals surface area contributed by atoms with Crippen LogP contribution in [0.1, 0.15) is 0 Å². The van der Waals surface area contributed by atoms with E-state index in [4.69, 9.17) is 28.9 Å². The number of aromatic nitrogens is 1. The molecule has 0 bridgehead atoms. The molecule has 0 radical (unpaired) electrons. The molecule has 2 N–H and O–H groups in total. The SMILES string of the molecule is Nc1cnc2c(Cl)ccc(F)c2c1Cl. The molecule has 0 saturated carbocycles. The number of nitrogen functional groups attached to an aromatic ring is 1. The highest BCUT2D eigenvalue weighted by Crippen LogP contribution is 2.32. The predicted molar refractivity (Wildman–Crippen MR) is 56.1 cm³/mol. The standard InChI is InChI=1S/C9H5Cl2FN2/c10-4-1-2-5(12)7-8(11)6(13)3-14-9(4)7/h1-3H,13H2. The van der Waals surface area contributed by atoms with E-state index in [2.05, 4.69) is 4.98 Å². The number of benzene rings is 1. The third kappa shape index (κ3) is 1.29. The Morgan fingerprint density at radius 2 is 2.00 bits per heavy atom. The fourth-order valence-electron chi connectivity index (χ4n) is 1.21. The van der Waals surface area contributed by atoms with E-state index in [1.54, 1.807) is 0 Å². The normalized spacial score (nSPS) is 10.8. The Morgan fingerprint density at radius 3 is 2.71 bits per heavy atom. The van der Waals surface area contributed by atoms with Gasteiger partial charge in [-0.05, 0) is 12.1 Å². The Kier molecular flexibility index (Phi) is 2.21. The van der Waals surface area contributed by atoms with Gasteiger partial charge in [-0.2, -0.15) is 0 Å². The van der Waals surface area contributed by atoms with Gasteiger partial charge in [0, 0.05) is 0 Å². The molecule has 0 amide bonds. The van der Waals surface area contributed by atoms with E-state index in [-0.39, 0.29) is 16.1 Å². The first kappa shape index (κ1) is 9.49. The number of hydrogen-bond donors (Lipinski definition) is 1. The lowest BCUT2D eigenvalue weighted by Crippen LogP contribution is -1.92. The van der Waals surface area contributed by atoms with Crippen LogP contribution in [0.4, 0.5) is 10.1 Å². The number of rotatable bonds is 0. The number of pyridine rings is 1. The molecule has 0 aliphatic carbocycles. The molecule has 0 fully saturated rings. The van der Waals surface area contributed by atoms with Crippen LogP contribution in [-0.2, 0) is 0 Å². The average Bonchev–Trinajstić information content (AvgIpc) is 2.16. The molecule has 2 aromatic rings. The van der Waals surface area contributed by atoms with Crippen molar-refractivity contribution in [1.82, 2.24) is 4.98 Å². The minimum absolute atomic E-state index is 0.148. The molecule has 1 aromatic carbocycles. The van der Waals surface area contributed by atoms with Crippen molar-refractivity contribution in [3.63, 3.8) is 0 Å². The fraction of sp³-hybridized carbons (Fsp3) is 0. The van der Waals surface area contributed by atoms with Gasteiger partial charge in [0.2, 0.25) is 0 Å². The Labute approximate surface area is 89.4 Å². The molecule has 0 unspecified atom stereocenters. The van der Waals surface area contributed by atoms with Gasteiger partial charge in [-0.15, -0.1) is 0 Å². The zero-order chi connectivity index (χ0) is 10.3. The van der Waals surface area contributed by atoms with Gasteiger partial charge in [0.05, 0.1) is 32.8 Å². The van der Waals surface area contributed by atoms with Gasteiger partial charge < -0.3 is 5.73 Å². The number of fused-ring (bicyclic) bond motifs is 1. The smallest absolute Gasteiger partial charge is 0.134 e. The van der Waals surface area contributed by atoms with Crippen molar-refractivity contribution in [1.29, 1.82) is 0 Å². The van der Waals surface area contributed by atoms with E-state index in [9.17, 15) is 4.39 Å². The lowest BCUT2D eigenvalue weighted by atomic mass is 10.2. The molecule has 0 atom stereocenters. The van der Waals surface area contributed by atoms with E-state index < -0.39 is 5.82 Å². The van der Waals surface area contributed by atoms with Crippen LogP contribution in [0, 0.1) is 5.82 Å². The number of hydrogen-bond acceptors (Lipinski definition) is 2. The minimum Gasteiger partial charge on any atom is -0.396 e. The fourth-order valence-corrected chi connectivity index (χ4v) is 1.65. The molecule has 5 heteroatoms. The van der Waals surface area contributed by atoms with Gasteiger partial charge in [-0.3, -0.25) is 4.98 Å². The molecule has 1 aromatic heterocycles. The first-order chi connectivity index (χ1) is 6.61. The quantitative estimate of drug-likeness (QED) is 0.755. The van der Waals surface area contributed by atoms with E-state index in [1.165, 1.54) is 18.3 Å². The Hall–Kier alpha value is -1.06. The van der Waals surface area contributed by atoms with Gasteiger partial charge in [0.1, 0.15) is 5.82 Å². The third-order valence-corrected chi connectivity index (χ3v) is 2.60. The summed E-state index contributed by atoms with van der Waals surface area (Å²) in [6.45, 7) is 0. The van der Waals surface area contributed by atoms with Crippen molar-refractivity contribution in [2.45, 2.75) is 0 Å². The summed E-state index contributed by atoms with van der Waals surface area (Å²) in [5, 5.41) is 0.664. The minimum atomic E-state index is -0.478. The van der Waals surface area contributed by atoms with Crippen LogP contribution in [0.2, 0.25) is 10.0 Å². The van der Waals surface area contributed by atoms with Crippen molar-refractivity contribution in [2.24, 2.45) is 0 Å². The van der Waals surface area contributed by atoms with Crippen LogP contribution >= 0.6 is 23.2 Å². The molecule has 0 aliphatic heterocycles. The lowest BCUT2D eigenvalue weighted by molar-refractivity contribution is 0.639. The number of nitrogens with two attached hydrogens (primary N) is 1. The summed E-state index contributed by atoms with van der Waals surface area (Å²) in [6, 6.07) is 2.66. The van der Waals surface area contributed by atoms with Crippen molar-refractivity contribution in [2.75, 3.05) is 5.73 Å². The van der Waals surface area contributed by atoms with Gasteiger partial charge in [0.15, 0.2) is 0 Å². The van der Waals surface area contributed by atoms with E-state index >= 15 is 0 Å². The maximum Gasteiger partial charge on any atom is 0.134 e. The van der Waals surface area contributed by atoms with Crippen LogP contribution in [0.5, 0.6) is 0 Å². The van der Waals surface area contributed by atoms with Crippen LogP contribution < -0.4 is 5.73 Å². The molecule has 0 spiro atoms. The van der Waals surface area contributed by atoms with Gasteiger partial charge in [0.25, 0.3) is 0 Å². The molecular weight excluding hydrogens is 226 g/mol. The van der Waals surface area contributed by atoms with Crippen LogP contribution in [0.25, 0.3) is 10.9 Å². The van der Waals surface area contributed by atoms with Gasteiger partial charge in [-0.25, -0.2) is 4.39 Å². The van der Waals surface area contributed by atoms with Crippen LogP contribution in [-0.4, -0.2) is 4.98 Å². The summed E-state index contributed by atoms with van der Waals surface area (Å²) in [5.74, 6) is -0.478. The number of nitrogens with zero attached hydrogens (tertiary/aromatic N) is 1. The topological polar surface area (TPSA) is 38.9 Å². The van der Waals surface area contributed by atoms with E-state index in [0.717, 1.165) is 0 Å². The molecule has 1 heterocycles. The monoisotopic (exact) mass is 230 g/mol. The second-order valence-electron chi connectivity index (χ2n) is 2.78. The zero-order valence-corrected chi connectivity index (χ0v) is 8.40. The molecule has 0 saturated heterocycles. The molecule has 72 valence electrons. The number of anilines is 1. The molecule has 2 nitrogen and oxygen atoms in total. The summed E-state index contributed by atoms with van der Waals surface area (Å²) in [5.41, 5.74) is 6.06.